The summed E-state index contributed by atoms with van der Waals surface area (Å²) in [7, 11) is 0. The molecule has 1 nitrogen and oxygen atoms in total. The molecular formula is C39H28O. The number of fused-ring (bicyclic) bond motifs is 9. The molecule has 7 aromatic carbocycles. The Kier molecular flexibility index (Phi) is 5.09. The summed E-state index contributed by atoms with van der Waals surface area (Å²) in [5.74, 6) is 0. The maximum atomic E-state index is 6.10. The van der Waals surface area contributed by atoms with Gasteiger partial charge >= 0.3 is 0 Å². The molecule has 0 saturated carbocycles. The molecule has 0 fully saturated rings. The van der Waals surface area contributed by atoms with Crippen LogP contribution in [0.4, 0.5) is 0 Å². The van der Waals surface area contributed by atoms with Gasteiger partial charge < -0.3 is 4.42 Å². The molecule has 0 aliphatic carbocycles. The van der Waals surface area contributed by atoms with Crippen LogP contribution in [0.5, 0.6) is 0 Å². The molecule has 8 aromatic rings. The average Bonchev–Trinajstić information content (AvgIpc) is 3.39. The Hall–Kier alpha value is -4.88. The maximum absolute atomic E-state index is 6.10. The van der Waals surface area contributed by atoms with Gasteiger partial charge in [-0.05, 0) is 109 Å². The molecule has 0 bridgehead atoms. The summed E-state index contributed by atoms with van der Waals surface area (Å²) in [6.07, 6.45) is 0.983. The molecule has 1 heteroatoms. The van der Waals surface area contributed by atoms with Crippen molar-refractivity contribution in [3.63, 3.8) is 0 Å². The fraction of sp³-hybridized carbons (Fsp3) is 0.0769. The molecule has 0 amide bonds. The number of aryl methyl sites for hydroxylation is 2. The van der Waals surface area contributed by atoms with Gasteiger partial charge in [-0.25, -0.2) is 0 Å². The van der Waals surface area contributed by atoms with E-state index in [-0.39, 0.29) is 0 Å². The number of benzene rings is 7. The van der Waals surface area contributed by atoms with E-state index < -0.39 is 0 Å². The monoisotopic (exact) mass is 512 g/mol. The van der Waals surface area contributed by atoms with E-state index in [4.69, 9.17) is 4.42 Å². The van der Waals surface area contributed by atoms with E-state index in [1.165, 1.54) is 65.7 Å². The second-order valence-corrected chi connectivity index (χ2v) is 10.8. The zero-order valence-corrected chi connectivity index (χ0v) is 22.7. The van der Waals surface area contributed by atoms with E-state index in [9.17, 15) is 0 Å². The van der Waals surface area contributed by atoms with Crippen LogP contribution in [0, 0.1) is 6.92 Å². The Morgan fingerprint density at radius 2 is 1.00 bits per heavy atom. The van der Waals surface area contributed by atoms with E-state index >= 15 is 0 Å². The van der Waals surface area contributed by atoms with Crippen molar-refractivity contribution in [1.29, 1.82) is 0 Å². The van der Waals surface area contributed by atoms with Crippen molar-refractivity contribution in [2.24, 2.45) is 0 Å². The lowest BCUT2D eigenvalue weighted by Gasteiger charge is -2.17. The standard InChI is InChI=1S/C39H28O/c1-3-25-16-17-26(27-18-19-39-37(22-27)32-14-8-9-15-38(32)40-39)21-34(25)33-23-36-31-13-7-5-11-29(31)28-10-4-6-12-30(28)35(36)20-24(33)2/h4-23H,3H2,1-2H3. The zero-order chi connectivity index (χ0) is 26.8. The molecule has 0 radical (unpaired) electrons. The lowest BCUT2D eigenvalue weighted by Crippen LogP contribution is -1.93. The lowest BCUT2D eigenvalue weighted by molar-refractivity contribution is 0.669. The summed E-state index contributed by atoms with van der Waals surface area (Å²) >= 11 is 0. The van der Waals surface area contributed by atoms with Gasteiger partial charge in [-0.3, -0.25) is 0 Å². The lowest BCUT2D eigenvalue weighted by atomic mass is 9.87. The van der Waals surface area contributed by atoms with Gasteiger partial charge in [0.25, 0.3) is 0 Å². The summed E-state index contributed by atoms with van der Waals surface area (Å²) in [6, 6.07) is 44.3. The predicted octanol–water partition coefficient (Wildman–Crippen LogP) is 11.3. The van der Waals surface area contributed by atoms with Gasteiger partial charge in [-0.1, -0.05) is 97.9 Å². The number of hydrogen-bond donors (Lipinski definition) is 0. The van der Waals surface area contributed by atoms with E-state index in [0.29, 0.717) is 0 Å². The number of para-hydroxylation sites is 1. The minimum atomic E-state index is 0.930. The van der Waals surface area contributed by atoms with Crippen LogP contribution in [0.1, 0.15) is 18.1 Å². The Labute approximate surface area is 233 Å². The number of rotatable bonds is 3. The van der Waals surface area contributed by atoms with Crippen molar-refractivity contribution >= 4 is 54.3 Å². The van der Waals surface area contributed by atoms with Crippen LogP contribution in [-0.2, 0) is 6.42 Å². The Balaban J connectivity index is 1.37. The fourth-order valence-corrected chi connectivity index (χ4v) is 6.57. The van der Waals surface area contributed by atoms with Gasteiger partial charge in [-0.2, -0.15) is 0 Å². The normalized spacial score (nSPS) is 11.8. The zero-order valence-electron chi connectivity index (χ0n) is 22.7. The van der Waals surface area contributed by atoms with E-state index in [0.717, 1.165) is 28.4 Å². The topological polar surface area (TPSA) is 13.1 Å². The molecule has 0 unspecified atom stereocenters. The van der Waals surface area contributed by atoms with Gasteiger partial charge in [0.05, 0.1) is 0 Å². The van der Waals surface area contributed by atoms with Crippen LogP contribution in [-0.4, -0.2) is 0 Å². The highest BCUT2D eigenvalue weighted by Crippen LogP contribution is 2.41. The third-order valence-corrected chi connectivity index (χ3v) is 8.58. The van der Waals surface area contributed by atoms with E-state index in [1.807, 2.05) is 12.1 Å². The molecule has 0 N–H and O–H groups in total. The molecule has 0 aliphatic rings. The molecule has 40 heavy (non-hydrogen) atoms. The van der Waals surface area contributed by atoms with Crippen molar-refractivity contribution in [2.75, 3.05) is 0 Å². The average molecular weight is 513 g/mol. The Bertz CT molecular complexity index is 2260. The van der Waals surface area contributed by atoms with Crippen molar-refractivity contribution < 1.29 is 4.42 Å². The van der Waals surface area contributed by atoms with Crippen LogP contribution in [0.2, 0.25) is 0 Å². The first kappa shape index (κ1) is 23.0. The first-order chi connectivity index (χ1) is 19.7. The van der Waals surface area contributed by atoms with Crippen molar-refractivity contribution in [1.82, 2.24) is 0 Å². The molecule has 0 atom stereocenters. The second kappa shape index (κ2) is 8.83. The van der Waals surface area contributed by atoms with Crippen LogP contribution in [0.15, 0.2) is 126 Å². The first-order valence-corrected chi connectivity index (χ1v) is 14.1. The SMILES string of the molecule is CCc1ccc(-c2ccc3oc4ccccc4c3c2)cc1-c1cc2c3ccccc3c3ccccc3c2cc1C. The highest BCUT2D eigenvalue weighted by Gasteiger charge is 2.15. The van der Waals surface area contributed by atoms with Crippen LogP contribution in [0.3, 0.4) is 0 Å². The highest BCUT2D eigenvalue weighted by molar-refractivity contribution is 6.26. The molecule has 0 aliphatic heterocycles. The molecule has 0 saturated heterocycles. The summed E-state index contributed by atoms with van der Waals surface area (Å²) in [4.78, 5) is 0. The smallest absolute Gasteiger partial charge is 0.135 e. The largest absolute Gasteiger partial charge is 0.456 e. The fourth-order valence-electron chi connectivity index (χ4n) is 6.57. The van der Waals surface area contributed by atoms with Gasteiger partial charge in [0.2, 0.25) is 0 Å². The maximum Gasteiger partial charge on any atom is 0.135 e. The molecular weight excluding hydrogens is 484 g/mol. The van der Waals surface area contributed by atoms with Crippen LogP contribution < -0.4 is 0 Å². The van der Waals surface area contributed by atoms with Crippen molar-refractivity contribution in [2.45, 2.75) is 20.3 Å². The summed E-state index contributed by atoms with van der Waals surface area (Å²) < 4.78 is 6.10. The number of hydrogen-bond acceptors (Lipinski definition) is 1. The van der Waals surface area contributed by atoms with Crippen LogP contribution >= 0.6 is 0 Å². The first-order valence-electron chi connectivity index (χ1n) is 14.1. The molecule has 190 valence electrons. The van der Waals surface area contributed by atoms with Crippen molar-refractivity contribution in [3.8, 4) is 22.3 Å². The summed E-state index contributed by atoms with van der Waals surface area (Å²) in [6.45, 7) is 4.51. The van der Waals surface area contributed by atoms with E-state index in [1.54, 1.807) is 0 Å². The minimum absolute atomic E-state index is 0.930. The quantitative estimate of drug-likeness (QED) is 0.215. The molecule has 1 aromatic heterocycles. The minimum Gasteiger partial charge on any atom is -0.456 e. The summed E-state index contributed by atoms with van der Waals surface area (Å²) in [5, 5.41) is 10.2. The molecule has 0 spiro atoms. The summed E-state index contributed by atoms with van der Waals surface area (Å²) in [5.41, 5.74) is 9.58. The van der Waals surface area contributed by atoms with E-state index in [2.05, 4.69) is 123 Å². The molecule has 8 rings (SSSR count). The number of furan rings is 1. The third-order valence-electron chi connectivity index (χ3n) is 8.58. The van der Waals surface area contributed by atoms with Crippen LogP contribution in [0.25, 0.3) is 76.5 Å². The molecule has 1 heterocycles. The Morgan fingerprint density at radius 3 is 1.70 bits per heavy atom. The van der Waals surface area contributed by atoms with Gasteiger partial charge in [-0.15, -0.1) is 0 Å². The van der Waals surface area contributed by atoms with Gasteiger partial charge in [0.1, 0.15) is 11.2 Å². The third kappa shape index (κ3) is 3.41. The second-order valence-electron chi connectivity index (χ2n) is 10.8. The van der Waals surface area contributed by atoms with Crippen molar-refractivity contribution in [3.05, 3.63) is 132 Å². The predicted molar refractivity (Wildman–Crippen MR) is 171 cm³/mol. The van der Waals surface area contributed by atoms with Gasteiger partial charge in [0.15, 0.2) is 0 Å². The van der Waals surface area contributed by atoms with Gasteiger partial charge in [0, 0.05) is 10.8 Å². The highest BCUT2D eigenvalue weighted by atomic mass is 16.3. The Morgan fingerprint density at radius 1 is 0.450 bits per heavy atom.